The van der Waals surface area contributed by atoms with E-state index in [9.17, 15) is 10.3 Å². The summed E-state index contributed by atoms with van der Waals surface area (Å²) >= 11 is 0. The predicted octanol–water partition coefficient (Wildman–Crippen LogP) is 0.999. The van der Waals surface area contributed by atoms with Crippen molar-refractivity contribution < 1.29 is 10.3 Å². The molecule has 0 aromatic rings. The van der Waals surface area contributed by atoms with E-state index in [1.165, 1.54) is 5.06 Å². The third-order valence-electron chi connectivity index (χ3n) is 2.63. The Labute approximate surface area is 67.6 Å². The van der Waals surface area contributed by atoms with Crippen LogP contribution in [-0.4, -0.2) is 32.6 Å². The van der Waals surface area contributed by atoms with Crippen molar-refractivity contribution in [3.63, 3.8) is 0 Å². The molecule has 0 aromatic heterocycles. The molecule has 0 aromatic carbocycles. The zero-order valence-electron chi connectivity index (χ0n) is 7.63. The van der Waals surface area contributed by atoms with Crippen LogP contribution >= 0.6 is 0 Å². The van der Waals surface area contributed by atoms with Crippen molar-refractivity contribution in [2.24, 2.45) is 0 Å². The van der Waals surface area contributed by atoms with Crippen LogP contribution < -0.4 is 0 Å². The van der Waals surface area contributed by atoms with Gasteiger partial charge in [-0.15, -0.1) is 0 Å². The molecule has 1 saturated heterocycles. The van der Waals surface area contributed by atoms with Crippen molar-refractivity contribution in [2.45, 2.75) is 51.3 Å². The van der Waals surface area contributed by atoms with Gasteiger partial charge in [-0.05, 0) is 34.1 Å². The lowest BCUT2D eigenvalue weighted by Crippen LogP contribution is -2.48. The second-order valence-corrected chi connectivity index (χ2v) is 4.50. The lowest BCUT2D eigenvalue weighted by molar-refractivity contribution is -0.201. The first-order chi connectivity index (χ1) is 4.78. The minimum atomic E-state index is -0.510. The van der Waals surface area contributed by atoms with Gasteiger partial charge in [0.15, 0.2) is 0 Å². The highest BCUT2D eigenvalue weighted by atomic mass is 16.5. The van der Waals surface area contributed by atoms with E-state index in [0.29, 0.717) is 6.42 Å². The van der Waals surface area contributed by atoms with Gasteiger partial charge in [0.25, 0.3) is 0 Å². The number of rotatable bonds is 0. The van der Waals surface area contributed by atoms with Crippen LogP contribution in [0.4, 0.5) is 0 Å². The van der Waals surface area contributed by atoms with Crippen molar-refractivity contribution in [3.8, 4) is 0 Å². The van der Waals surface area contributed by atoms with E-state index >= 15 is 0 Å². The molecule has 0 amide bonds. The van der Waals surface area contributed by atoms with E-state index in [1.54, 1.807) is 0 Å². The van der Waals surface area contributed by atoms with E-state index in [4.69, 9.17) is 0 Å². The lowest BCUT2D eigenvalue weighted by atomic mass is 9.98. The number of nitrogens with zero attached hydrogens (tertiary/aromatic N) is 1. The van der Waals surface area contributed by atoms with Crippen molar-refractivity contribution in [1.82, 2.24) is 5.06 Å². The van der Waals surface area contributed by atoms with Crippen LogP contribution in [0.1, 0.15) is 34.1 Å². The SMILES string of the molecule is CC1(C)C[C@H](O)C(C)(C)N1O. The van der Waals surface area contributed by atoms with Crippen LogP contribution in [0.3, 0.4) is 0 Å². The third-order valence-corrected chi connectivity index (χ3v) is 2.63. The molecule has 0 saturated carbocycles. The van der Waals surface area contributed by atoms with Gasteiger partial charge in [0.1, 0.15) is 0 Å². The first-order valence-electron chi connectivity index (χ1n) is 3.96. The Balaban J connectivity index is 2.89. The first-order valence-corrected chi connectivity index (χ1v) is 3.96. The number of aliphatic hydroxyl groups is 1. The smallest absolute Gasteiger partial charge is 0.0759 e. The Hall–Kier alpha value is -0.120. The van der Waals surface area contributed by atoms with E-state index < -0.39 is 11.6 Å². The van der Waals surface area contributed by atoms with Crippen LogP contribution in [0.2, 0.25) is 0 Å². The van der Waals surface area contributed by atoms with Crippen molar-refractivity contribution in [2.75, 3.05) is 0 Å². The molecular formula is C8H17NO2. The Morgan fingerprint density at radius 3 is 1.82 bits per heavy atom. The zero-order valence-corrected chi connectivity index (χ0v) is 7.63. The standard InChI is InChI=1S/C8H17NO2/c1-7(2)5-6(10)8(3,4)9(7)11/h6,10-11H,5H2,1-4H3/t6-/m0/s1. The second kappa shape index (κ2) is 2.19. The summed E-state index contributed by atoms with van der Waals surface area (Å²) in [6.45, 7) is 7.52. The van der Waals surface area contributed by atoms with Crippen molar-refractivity contribution >= 4 is 0 Å². The van der Waals surface area contributed by atoms with Gasteiger partial charge < -0.3 is 10.3 Å². The van der Waals surface area contributed by atoms with E-state index in [2.05, 4.69) is 0 Å². The molecule has 1 aliphatic heterocycles. The molecule has 2 N–H and O–H groups in total. The molecule has 0 unspecified atom stereocenters. The topological polar surface area (TPSA) is 43.7 Å². The Kier molecular flexibility index (Phi) is 1.78. The maximum atomic E-state index is 9.63. The number of hydroxylamine groups is 2. The minimum Gasteiger partial charge on any atom is -0.391 e. The summed E-state index contributed by atoms with van der Waals surface area (Å²) in [6.07, 6.45) is 0.179. The summed E-state index contributed by atoms with van der Waals surface area (Å²) in [5.41, 5.74) is -0.813. The molecule has 1 fully saturated rings. The van der Waals surface area contributed by atoms with Gasteiger partial charge in [-0.1, -0.05) is 0 Å². The largest absolute Gasteiger partial charge is 0.391 e. The third kappa shape index (κ3) is 1.17. The van der Waals surface area contributed by atoms with Gasteiger partial charge >= 0.3 is 0 Å². The summed E-state index contributed by atoms with van der Waals surface area (Å²) in [7, 11) is 0. The second-order valence-electron chi connectivity index (χ2n) is 4.50. The molecule has 11 heavy (non-hydrogen) atoms. The van der Waals surface area contributed by atoms with Crippen LogP contribution in [0.15, 0.2) is 0 Å². The highest BCUT2D eigenvalue weighted by molar-refractivity contribution is 5.01. The molecule has 0 radical (unpaired) electrons. The monoisotopic (exact) mass is 159 g/mol. The van der Waals surface area contributed by atoms with E-state index in [0.717, 1.165) is 0 Å². The first kappa shape index (κ1) is 8.97. The summed E-state index contributed by atoms with van der Waals surface area (Å²) in [5.74, 6) is 0. The van der Waals surface area contributed by atoms with Crippen LogP contribution in [0.5, 0.6) is 0 Å². The van der Waals surface area contributed by atoms with Gasteiger partial charge in [-0.2, -0.15) is 5.06 Å². The average Bonchev–Trinajstić information content (AvgIpc) is 1.94. The molecule has 1 atom stereocenters. The molecule has 0 bridgehead atoms. The number of aliphatic hydroxyl groups excluding tert-OH is 1. The summed E-state index contributed by atoms with van der Waals surface area (Å²) in [5, 5.41) is 20.4. The Bertz CT molecular complexity index is 165. The average molecular weight is 159 g/mol. The fourth-order valence-corrected chi connectivity index (χ4v) is 1.73. The van der Waals surface area contributed by atoms with Crippen LogP contribution in [-0.2, 0) is 0 Å². The molecule has 66 valence electrons. The zero-order chi connectivity index (χ0) is 8.86. The Morgan fingerprint density at radius 2 is 1.73 bits per heavy atom. The molecule has 1 rings (SSSR count). The molecule has 0 spiro atoms. The molecule has 0 aliphatic carbocycles. The van der Waals surface area contributed by atoms with E-state index in [-0.39, 0.29) is 5.54 Å². The van der Waals surface area contributed by atoms with E-state index in [1.807, 2.05) is 27.7 Å². The maximum absolute atomic E-state index is 9.63. The molecular weight excluding hydrogens is 142 g/mol. The van der Waals surface area contributed by atoms with Gasteiger partial charge in [0, 0.05) is 5.54 Å². The number of hydrogen-bond acceptors (Lipinski definition) is 3. The highest BCUT2D eigenvalue weighted by Crippen LogP contribution is 2.38. The molecule has 3 heteroatoms. The fourth-order valence-electron chi connectivity index (χ4n) is 1.73. The predicted molar refractivity (Wildman–Crippen MR) is 42.4 cm³/mol. The highest BCUT2D eigenvalue weighted by Gasteiger charge is 2.50. The normalized spacial score (nSPS) is 36.0. The summed E-state index contributed by atoms with van der Waals surface area (Å²) < 4.78 is 0. The Morgan fingerprint density at radius 1 is 1.27 bits per heavy atom. The molecule has 3 nitrogen and oxygen atoms in total. The maximum Gasteiger partial charge on any atom is 0.0759 e. The summed E-state index contributed by atoms with van der Waals surface area (Å²) in [4.78, 5) is 0. The van der Waals surface area contributed by atoms with Gasteiger partial charge in [-0.3, -0.25) is 0 Å². The number of hydrogen-bond donors (Lipinski definition) is 2. The minimum absolute atomic E-state index is 0.303. The van der Waals surface area contributed by atoms with Crippen LogP contribution in [0, 0.1) is 0 Å². The van der Waals surface area contributed by atoms with Gasteiger partial charge in [0.05, 0.1) is 11.6 Å². The van der Waals surface area contributed by atoms with Crippen molar-refractivity contribution in [3.05, 3.63) is 0 Å². The summed E-state index contributed by atoms with van der Waals surface area (Å²) in [6, 6.07) is 0. The van der Waals surface area contributed by atoms with Crippen molar-refractivity contribution in [1.29, 1.82) is 0 Å². The quantitative estimate of drug-likeness (QED) is 0.554. The fraction of sp³-hybridized carbons (Fsp3) is 1.00. The van der Waals surface area contributed by atoms with Gasteiger partial charge in [0.2, 0.25) is 0 Å². The van der Waals surface area contributed by atoms with Crippen LogP contribution in [0.25, 0.3) is 0 Å². The molecule has 1 heterocycles. The lowest BCUT2D eigenvalue weighted by Gasteiger charge is -2.34. The van der Waals surface area contributed by atoms with Gasteiger partial charge in [-0.25, -0.2) is 0 Å². The molecule has 1 aliphatic rings.